The number of rotatable bonds is 6. The van der Waals surface area contributed by atoms with Gasteiger partial charge in [-0.15, -0.1) is 0 Å². The normalized spacial score (nSPS) is 24.2. The Balaban J connectivity index is 1.17. The second-order valence-corrected chi connectivity index (χ2v) is 10.4. The molecule has 3 fully saturated rings. The third-order valence-corrected chi connectivity index (χ3v) is 7.91. The quantitative estimate of drug-likeness (QED) is 0.570. The van der Waals surface area contributed by atoms with E-state index in [1.54, 1.807) is 6.92 Å². The number of urea groups is 1. The Kier molecular flexibility index (Phi) is 7.69. The van der Waals surface area contributed by atoms with Gasteiger partial charge in [-0.25, -0.2) is 23.3 Å². The van der Waals surface area contributed by atoms with Crippen molar-refractivity contribution >= 4 is 23.8 Å². The van der Waals surface area contributed by atoms with Crippen LogP contribution in [0.3, 0.4) is 0 Å². The van der Waals surface area contributed by atoms with Crippen LogP contribution in [-0.4, -0.2) is 77.4 Å². The van der Waals surface area contributed by atoms with Crippen LogP contribution in [0, 0.1) is 11.6 Å². The van der Waals surface area contributed by atoms with Crippen LogP contribution in [0.25, 0.3) is 0 Å². The standard InChI is InChI=1S/C28H32F2N4O5/c1-17-26(19-6-7-22(29)23(30)14-19)34(28(38)39-17)27(37)31-20-8-11-33(16-20)21-9-12-32(13-10-21)24-5-3-2-4-18(24)15-25(35)36/h2-7,14,17,20-21,26H,8-13,15-16H2,1H3,(H,31,37)(H,35,36)/t17-,20+,26+/m0/s1. The molecule has 208 valence electrons. The average Bonchev–Trinajstić information content (AvgIpc) is 3.49. The van der Waals surface area contributed by atoms with Crippen LogP contribution < -0.4 is 10.2 Å². The van der Waals surface area contributed by atoms with Crippen LogP contribution in [-0.2, 0) is 16.0 Å². The first-order chi connectivity index (χ1) is 18.7. The van der Waals surface area contributed by atoms with Crippen molar-refractivity contribution in [1.82, 2.24) is 15.1 Å². The van der Waals surface area contributed by atoms with Crippen molar-refractivity contribution in [3.63, 3.8) is 0 Å². The Hall–Kier alpha value is -3.73. The van der Waals surface area contributed by atoms with E-state index in [1.807, 2.05) is 24.3 Å². The van der Waals surface area contributed by atoms with Gasteiger partial charge in [0.05, 0.1) is 6.42 Å². The number of nitrogens with one attached hydrogen (secondary N) is 1. The number of halogens is 2. The predicted molar refractivity (Wildman–Crippen MR) is 138 cm³/mol. The van der Waals surface area contributed by atoms with E-state index < -0.39 is 41.9 Å². The van der Waals surface area contributed by atoms with Gasteiger partial charge in [0.1, 0.15) is 12.1 Å². The Bertz CT molecular complexity index is 1250. The summed E-state index contributed by atoms with van der Waals surface area (Å²) in [6.45, 7) is 4.67. The van der Waals surface area contributed by atoms with Crippen LogP contribution in [0.2, 0.25) is 0 Å². The minimum absolute atomic E-state index is 0.0100. The SMILES string of the molecule is C[C@@H]1OC(=O)N(C(=O)N[C@@H]2CCN(C3CCN(c4ccccc4CC(=O)O)CC3)C2)[C@H]1c1ccc(F)c(F)c1. The lowest BCUT2D eigenvalue weighted by Gasteiger charge is -2.38. The smallest absolute Gasteiger partial charge is 0.419 e. The maximum atomic E-state index is 13.9. The lowest BCUT2D eigenvalue weighted by Crippen LogP contribution is -2.49. The van der Waals surface area contributed by atoms with Crippen molar-refractivity contribution in [3.05, 3.63) is 65.2 Å². The monoisotopic (exact) mass is 542 g/mol. The fraction of sp³-hybridized carbons (Fsp3) is 0.464. The number of ether oxygens (including phenoxy) is 1. The number of piperidine rings is 1. The molecule has 11 heteroatoms. The zero-order valence-electron chi connectivity index (χ0n) is 21.7. The maximum absolute atomic E-state index is 13.9. The van der Waals surface area contributed by atoms with Gasteiger partial charge in [0.15, 0.2) is 11.6 Å². The number of para-hydroxylation sites is 1. The lowest BCUT2D eigenvalue weighted by atomic mass is 10.0. The Morgan fingerprint density at radius 2 is 1.79 bits per heavy atom. The van der Waals surface area contributed by atoms with Gasteiger partial charge >= 0.3 is 18.1 Å². The topological polar surface area (TPSA) is 102 Å². The number of carbonyl (C=O) groups excluding carboxylic acids is 2. The number of imide groups is 1. The first kappa shape index (κ1) is 26.9. The third-order valence-electron chi connectivity index (χ3n) is 7.91. The number of anilines is 1. The van der Waals surface area contributed by atoms with Gasteiger partial charge in [0.25, 0.3) is 0 Å². The highest BCUT2D eigenvalue weighted by Gasteiger charge is 2.45. The van der Waals surface area contributed by atoms with E-state index >= 15 is 0 Å². The van der Waals surface area contributed by atoms with Crippen molar-refractivity contribution in [2.24, 2.45) is 0 Å². The number of likely N-dealkylation sites (tertiary alicyclic amines) is 1. The largest absolute Gasteiger partial charge is 0.481 e. The van der Waals surface area contributed by atoms with E-state index in [0.717, 1.165) is 67.2 Å². The predicted octanol–water partition coefficient (Wildman–Crippen LogP) is 3.93. The summed E-state index contributed by atoms with van der Waals surface area (Å²) in [5.74, 6) is -2.91. The minimum Gasteiger partial charge on any atom is -0.481 e. The molecule has 3 aliphatic heterocycles. The van der Waals surface area contributed by atoms with Gasteiger partial charge < -0.3 is 20.1 Å². The van der Waals surface area contributed by atoms with Crippen LogP contribution in [0.5, 0.6) is 0 Å². The average molecular weight is 543 g/mol. The first-order valence-corrected chi connectivity index (χ1v) is 13.2. The molecule has 0 aliphatic carbocycles. The molecule has 3 saturated heterocycles. The molecule has 2 N–H and O–H groups in total. The molecule has 2 aromatic rings. The lowest BCUT2D eigenvalue weighted by molar-refractivity contribution is -0.136. The Morgan fingerprint density at radius 1 is 1.05 bits per heavy atom. The molecule has 0 saturated carbocycles. The van der Waals surface area contributed by atoms with Crippen molar-refractivity contribution in [3.8, 4) is 0 Å². The third kappa shape index (κ3) is 5.68. The van der Waals surface area contributed by atoms with Crippen molar-refractivity contribution in [2.45, 2.75) is 56.8 Å². The highest BCUT2D eigenvalue weighted by molar-refractivity contribution is 5.93. The van der Waals surface area contributed by atoms with Crippen LogP contribution in [0.15, 0.2) is 42.5 Å². The molecular weight excluding hydrogens is 510 g/mol. The molecule has 0 bridgehead atoms. The summed E-state index contributed by atoms with van der Waals surface area (Å²) in [7, 11) is 0. The summed E-state index contributed by atoms with van der Waals surface area (Å²) in [4.78, 5) is 42.5. The summed E-state index contributed by atoms with van der Waals surface area (Å²) in [6.07, 6.45) is 1.01. The molecule has 0 radical (unpaired) electrons. The number of hydrogen-bond donors (Lipinski definition) is 2. The fourth-order valence-electron chi connectivity index (χ4n) is 6.01. The van der Waals surface area contributed by atoms with Crippen LogP contribution >= 0.6 is 0 Å². The summed E-state index contributed by atoms with van der Waals surface area (Å²) in [5.41, 5.74) is 2.06. The Morgan fingerprint density at radius 3 is 2.51 bits per heavy atom. The zero-order valence-corrected chi connectivity index (χ0v) is 21.7. The molecule has 3 atom stereocenters. The highest BCUT2D eigenvalue weighted by atomic mass is 19.2. The van der Waals surface area contributed by atoms with E-state index in [0.29, 0.717) is 12.6 Å². The fourth-order valence-corrected chi connectivity index (χ4v) is 6.01. The van der Waals surface area contributed by atoms with Gasteiger partial charge in [-0.1, -0.05) is 24.3 Å². The zero-order chi connectivity index (χ0) is 27.7. The molecule has 0 aromatic heterocycles. The van der Waals surface area contributed by atoms with Crippen molar-refractivity contribution < 1.29 is 33.0 Å². The number of amides is 3. The molecule has 9 nitrogen and oxygen atoms in total. The number of carbonyl (C=O) groups is 3. The molecule has 0 spiro atoms. The van der Waals surface area contributed by atoms with Gasteiger partial charge in [-0.05, 0) is 55.5 Å². The minimum atomic E-state index is -1.05. The van der Waals surface area contributed by atoms with E-state index in [-0.39, 0.29) is 18.0 Å². The first-order valence-electron chi connectivity index (χ1n) is 13.2. The molecule has 3 aliphatic rings. The van der Waals surface area contributed by atoms with E-state index in [1.165, 1.54) is 6.07 Å². The second kappa shape index (κ2) is 11.2. The highest BCUT2D eigenvalue weighted by Crippen LogP contribution is 2.34. The Labute approximate surface area is 225 Å². The van der Waals surface area contributed by atoms with E-state index in [4.69, 9.17) is 4.74 Å². The summed E-state index contributed by atoms with van der Waals surface area (Å²) < 4.78 is 32.6. The molecule has 3 amide bonds. The number of benzene rings is 2. The maximum Gasteiger partial charge on any atom is 0.419 e. The number of hydrogen-bond acceptors (Lipinski definition) is 6. The van der Waals surface area contributed by atoms with Gasteiger partial charge in [-0.3, -0.25) is 9.69 Å². The molecule has 2 aromatic carbocycles. The van der Waals surface area contributed by atoms with Gasteiger partial charge in [0.2, 0.25) is 0 Å². The molecule has 3 heterocycles. The van der Waals surface area contributed by atoms with E-state index in [9.17, 15) is 28.3 Å². The van der Waals surface area contributed by atoms with Crippen LogP contribution in [0.4, 0.5) is 24.1 Å². The molecule has 5 rings (SSSR count). The number of aliphatic carboxylic acids is 1. The molecular formula is C28H32F2N4O5. The van der Waals surface area contributed by atoms with Gasteiger partial charge in [0, 0.05) is 44.0 Å². The van der Waals surface area contributed by atoms with Gasteiger partial charge in [-0.2, -0.15) is 0 Å². The molecule has 0 unspecified atom stereocenters. The summed E-state index contributed by atoms with van der Waals surface area (Å²) in [6, 6.07) is 9.62. The van der Waals surface area contributed by atoms with Crippen molar-refractivity contribution in [2.75, 3.05) is 31.1 Å². The number of carboxylic acids is 1. The van der Waals surface area contributed by atoms with Crippen LogP contribution in [0.1, 0.15) is 43.4 Å². The number of nitrogens with zero attached hydrogens (tertiary/aromatic N) is 3. The summed E-state index contributed by atoms with van der Waals surface area (Å²) >= 11 is 0. The number of cyclic esters (lactones) is 1. The number of carboxylic acid groups (broad SMARTS) is 1. The molecule has 39 heavy (non-hydrogen) atoms. The van der Waals surface area contributed by atoms with E-state index in [2.05, 4.69) is 15.1 Å². The summed E-state index contributed by atoms with van der Waals surface area (Å²) in [5, 5.41) is 12.2. The van der Waals surface area contributed by atoms with Crippen molar-refractivity contribution in [1.29, 1.82) is 0 Å². The second-order valence-electron chi connectivity index (χ2n) is 10.4.